The lowest BCUT2D eigenvalue weighted by Crippen LogP contribution is -2.39. The van der Waals surface area contributed by atoms with Crippen molar-refractivity contribution in [3.05, 3.63) is 28.5 Å². The average Bonchev–Trinajstić information content (AvgIpc) is 2.28. The Hall–Kier alpha value is -1.43. The minimum Gasteiger partial charge on any atom is -0.467 e. The SMILES string of the molecule is COC(=O)[C@H](C)NC(=O)c1ccc(Br)nc1. The Morgan fingerprint density at radius 2 is 2.19 bits per heavy atom. The van der Waals surface area contributed by atoms with Crippen molar-refractivity contribution in [2.45, 2.75) is 13.0 Å². The molecule has 1 aromatic heterocycles. The van der Waals surface area contributed by atoms with Gasteiger partial charge in [0.25, 0.3) is 5.91 Å². The summed E-state index contributed by atoms with van der Waals surface area (Å²) in [4.78, 5) is 26.6. The maximum Gasteiger partial charge on any atom is 0.328 e. The number of carbonyl (C=O) groups excluding carboxylic acids is 2. The van der Waals surface area contributed by atoms with Gasteiger partial charge in [-0.15, -0.1) is 0 Å². The van der Waals surface area contributed by atoms with Crippen LogP contribution in [0.2, 0.25) is 0 Å². The molecule has 86 valence electrons. The van der Waals surface area contributed by atoms with Crippen LogP contribution < -0.4 is 5.32 Å². The molecule has 1 amide bonds. The van der Waals surface area contributed by atoms with Gasteiger partial charge in [0.15, 0.2) is 0 Å². The van der Waals surface area contributed by atoms with Gasteiger partial charge in [-0.25, -0.2) is 9.78 Å². The number of esters is 1. The molecule has 1 rings (SSSR count). The fourth-order valence-electron chi connectivity index (χ4n) is 1.03. The molecule has 5 nitrogen and oxygen atoms in total. The Balaban J connectivity index is 2.65. The molecule has 6 heteroatoms. The zero-order valence-corrected chi connectivity index (χ0v) is 10.4. The van der Waals surface area contributed by atoms with Crippen LogP contribution >= 0.6 is 15.9 Å². The number of nitrogens with zero attached hydrogens (tertiary/aromatic N) is 1. The number of methoxy groups -OCH3 is 1. The van der Waals surface area contributed by atoms with E-state index in [1.54, 1.807) is 19.1 Å². The van der Waals surface area contributed by atoms with E-state index in [9.17, 15) is 9.59 Å². The van der Waals surface area contributed by atoms with Gasteiger partial charge < -0.3 is 10.1 Å². The first-order valence-electron chi connectivity index (χ1n) is 4.55. The smallest absolute Gasteiger partial charge is 0.328 e. The summed E-state index contributed by atoms with van der Waals surface area (Å²) in [6.45, 7) is 1.55. The highest BCUT2D eigenvalue weighted by atomic mass is 79.9. The van der Waals surface area contributed by atoms with Crippen molar-refractivity contribution in [3.63, 3.8) is 0 Å². The van der Waals surface area contributed by atoms with E-state index in [2.05, 4.69) is 31.0 Å². The largest absolute Gasteiger partial charge is 0.467 e. The maximum absolute atomic E-state index is 11.6. The molecule has 1 aromatic rings. The summed E-state index contributed by atoms with van der Waals surface area (Å²) in [7, 11) is 1.27. The second-order valence-electron chi connectivity index (χ2n) is 3.09. The van der Waals surface area contributed by atoms with Crippen molar-refractivity contribution in [3.8, 4) is 0 Å². The lowest BCUT2D eigenvalue weighted by molar-refractivity contribution is -0.142. The van der Waals surface area contributed by atoms with Crippen molar-refractivity contribution in [2.24, 2.45) is 0 Å². The highest BCUT2D eigenvalue weighted by Crippen LogP contribution is 2.06. The topological polar surface area (TPSA) is 68.3 Å². The summed E-state index contributed by atoms with van der Waals surface area (Å²) in [5.41, 5.74) is 0.388. The fourth-order valence-corrected chi connectivity index (χ4v) is 1.26. The summed E-state index contributed by atoms with van der Waals surface area (Å²) in [5, 5.41) is 2.50. The number of hydrogen-bond acceptors (Lipinski definition) is 4. The Labute approximate surface area is 101 Å². The monoisotopic (exact) mass is 286 g/mol. The third kappa shape index (κ3) is 3.30. The molecule has 0 aliphatic rings. The second-order valence-corrected chi connectivity index (χ2v) is 3.90. The molecule has 1 atom stereocenters. The number of ether oxygens (including phenoxy) is 1. The van der Waals surface area contributed by atoms with Gasteiger partial charge in [0.05, 0.1) is 12.7 Å². The number of rotatable bonds is 3. The number of aromatic nitrogens is 1. The van der Waals surface area contributed by atoms with E-state index in [-0.39, 0.29) is 5.91 Å². The third-order valence-corrected chi connectivity index (χ3v) is 2.36. The molecular weight excluding hydrogens is 276 g/mol. The molecule has 0 aromatic carbocycles. The van der Waals surface area contributed by atoms with E-state index >= 15 is 0 Å². The summed E-state index contributed by atoms with van der Waals surface area (Å²) >= 11 is 3.16. The average molecular weight is 287 g/mol. The first kappa shape index (κ1) is 12.6. The lowest BCUT2D eigenvalue weighted by atomic mass is 10.2. The first-order valence-corrected chi connectivity index (χ1v) is 5.34. The number of hydrogen-bond donors (Lipinski definition) is 1. The molecule has 0 bridgehead atoms. The van der Waals surface area contributed by atoms with Gasteiger partial charge in [-0.05, 0) is 35.0 Å². The molecule has 1 heterocycles. The quantitative estimate of drug-likeness (QED) is 0.668. The predicted molar refractivity (Wildman–Crippen MR) is 60.9 cm³/mol. The standard InChI is InChI=1S/C10H11BrN2O3/c1-6(10(15)16-2)13-9(14)7-3-4-8(11)12-5-7/h3-6H,1-2H3,(H,13,14)/t6-/m0/s1. The summed E-state index contributed by atoms with van der Waals surface area (Å²) < 4.78 is 5.13. The molecule has 0 unspecified atom stereocenters. The Morgan fingerprint density at radius 3 is 2.69 bits per heavy atom. The van der Waals surface area contributed by atoms with Crippen LogP contribution in [0.1, 0.15) is 17.3 Å². The van der Waals surface area contributed by atoms with Crippen molar-refractivity contribution < 1.29 is 14.3 Å². The van der Waals surface area contributed by atoms with Gasteiger partial charge in [0, 0.05) is 6.20 Å². The van der Waals surface area contributed by atoms with Gasteiger partial charge in [0.1, 0.15) is 10.6 Å². The molecule has 1 N–H and O–H groups in total. The molecule has 16 heavy (non-hydrogen) atoms. The highest BCUT2D eigenvalue weighted by molar-refractivity contribution is 9.10. The second kappa shape index (κ2) is 5.60. The van der Waals surface area contributed by atoms with Crippen LogP contribution in [0.15, 0.2) is 22.9 Å². The van der Waals surface area contributed by atoms with Crippen LogP contribution in [-0.4, -0.2) is 30.0 Å². The molecule has 0 aliphatic carbocycles. The predicted octanol–water partition coefficient (Wildman–Crippen LogP) is 1.14. The van der Waals surface area contributed by atoms with Crippen LogP contribution in [0.25, 0.3) is 0 Å². The zero-order chi connectivity index (χ0) is 12.1. The summed E-state index contributed by atoms with van der Waals surface area (Å²) in [6, 6.07) is 2.58. The lowest BCUT2D eigenvalue weighted by Gasteiger charge is -2.11. The highest BCUT2D eigenvalue weighted by Gasteiger charge is 2.16. The van der Waals surface area contributed by atoms with E-state index in [1.165, 1.54) is 13.3 Å². The van der Waals surface area contributed by atoms with Gasteiger partial charge in [-0.3, -0.25) is 4.79 Å². The van der Waals surface area contributed by atoms with Crippen LogP contribution in [0, 0.1) is 0 Å². The Morgan fingerprint density at radius 1 is 1.50 bits per heavy atom. The minimum atomic E-state index is -0.679. The molecule has 0 radical (unpaired) electrons. The summed E-state index contributed by atoms with van der Waals surface area (Å²) in [6.07, 6.45) is 1.42. The molecule has 0 fully saturated rings. The fraction of sp³-hybridized carbons (Fsp3) is 0.300. The van der Waals surface area contributed by atoms with Gasteiger partial charge >= 0.3 is 5.97 Å². The number of amides is 1. The Bertz CT molecular complexity index is 392. The maximum atomic E-state index is 11.6. The van der Waals surface area contributed by atoms with E-state index < -0.39 is 12.0 Å². The van der Waals surface area contributed by atoms with Crippen LogP contribution in [-0.2, 0) is 9.53 Å². The molecular formula is C10H11BrN2O3. The van der Waals surface area contributed by atoms with Gasteiger partial charge in [-0.2, -0.15) is 0 Å². The van der Waals surface area contributed by atoms with Crippen molar-refractivity contribution >= 4 is 27.8 Å². The van der Waals surface area contributed by atoms with Crippen molar-refractivity contribution in [1.82, 2.24) is 10.3 Å². The molecule has 0 spiro atoms. The van der Waals surface area contributed by atoms with E-state index in [1.807, 2.05) is 0 Å². The molecule has 0 saturated heterocycles. The molecule has 0 aliphatic heterocycles. The molecule has 0 saturated carbocycles. The van der Waals surface area contributed by atoms with Crippen LogP contribution in [0.4, 0.5) is 0 Å². The first-order chi connectivity index (χ1) is 7.54. The van der Waals surface area contributed by atoms with Crippen LogP contribution in [0.3, 0.4) is 0 Å². The number of carbonyl (C=O) groups is 2. The third-order valence-electron chi connectivity index (χ3n) is 1.89. The van der Waals surface area contributed by atoms with Crippen molar-refractivity contribution in [1.29, 1.82) is 0 Å². The Kier molecular flexibility index (Phi) is 4.42. The number of nitrogens with one attached hydrogen (secondary N) is 1. The summed E-state index contributed by atoms with van der Waals surface area (Å²) in [5.74, 6) is -0.851. The van der Waals surface area contributed by atoms with Gasteiger partial charge in [-0.1, -0.05) is 0 Å². The minimum absolute atomic E-state index is 0.363. The number of halogens is 1. The van der Waals surface area contributed by atoms with Gasteiger partial charge in [0.2, 0.25) is 0 Å². The number of pyridine rings is 1. The van der Waals surface area contributed by atoms with E-state index in [0.29, 0.717) is 10.2 Å². The normalized spacial score (nSPS) is 11.7. The zero-order valence-electron chi connectivity index (χ0n) is 8.86. The van der Waals surface area contributed by atoms with Crippen LogP contribution in [0.5, 0.6) is 0 Å². The van der Waals surface area contributed by atoms with E-state index in [4.69, 9.17) is 0 Å². The van der Waals surface area contributed by atoms with E-state index in [0.717, 1.165) is 0 Å². The van der Waals surface area contributed by atoms with Crippen molar-refractivity contribution in [2.75, 3.05) is 7.11 Å².